The molecule has 2 aliphatic heterocycles. The van der Waals surface area contributed by atoms with Gasteiger partial charge in [0.15, 0.2) is 11.5 Å². The van der Waals surface area contributed by atoms with E-state index in [0.29, 0.717) is 28.4 Å². The lowest BCUT2D eigenvalue weighted by Gasteiger charge is -2.25. The van der Waals surface area contributed by atoms with E-state index >= 15 is 0 Å². The summed E-state index contributed by atoms with van der Waals surface area (Å²) in [4.78, 5) is 28.2. The zero-order valence-corrected chi connectivity index (χ0v) is 20.0. The van der Waals surface area contributed by atoms with Crippen LogP contribution in [0.4, 0.5) is 0 Å². The minimum Gasteiger partial charge on any atom is -0.507 e. The lowest BCUT2D eigenvalue weighted by Crippen LogP contribution is -2.29. The normalized spacial score (nSPS) is 18.0. The van der Waals surface area contributed by atoms with Crippen LogP contribution in [0.1, 0.15) is 22.7 Å². The fourth-order valence-corrected chi connectivity index (χ4v) is 4.90. The largest absolute Gasteiger partial charge is 0.507 e. The van der Waals surface area contributed by atoms with Crippen LogP contribution in [0.5, 0.6) is 17.2 Å². The third-order valence-corrected chi connectivity index (χ3v) is 6.78. The van der Waals surface area contributed by atoms with Crippen LogP contribution in [0.25, 0.3) is 16.5 Å². The number of carbonyl (C=O) groups excluding carboxylic acids is 2. The van der Waals surface area contributed by atoms with E-state index in [1.807, 2.05) is 42.5 Å². The van der Waals surface area contributed by atoms with Gasteiger partial charge in [-0.2, -0.15) is 0 Å². The molecule has 4 aromatic rings. The summed E-state index contributed by atoms with van der Waals surface area (Å²) in [6, 6.07) is 25.0. The number of nitrogens with zero attached hydrogens (tertiary/aromatic N) is 1. The number of likely N-dealkylation sites (tertiary alicyclic amines) is 1. The maximum atomic E-state index is 13.4. The first kappa shape index (κ1) is 22.7. The van der Waals surface area contributed by atoms with Gasteiger partial charge < -0.3 is 24.2 Å². The van der Waals surface area contributed by atoms with Crippen LogP contribution in [-0.4, -0.2) is 35.6 Å². The molecule has 1 saturated heterocycles. The molecule has 4 aromatic carbocycles. The highest BCUT2D eigenvalue weighted by atomic mass is 16.7. The second kappa shape index (κ2) is 9.02. The van der Waals surface area contributed by atoms with Crippen molar-refractivity contribution in [2.45, 2.75) is 12.6 Å². The van der Waals surface area contributed by atoms with Crippen molar-refractivity contribution in [2.24, 2.45) is 0 Å². The van der Waals surface area contributed by atoms with Crippen molar-refractivity contribution >= 4 is 28.2 Å². The second-order valence-corrected chi connectivity index (χ2v) is 8.95. The fourth-order valence-electron chi connectivity index (χ4n) is 4.90. The van der Waals surface area contributed by atoms with E-state index in [4.69, 9.17) is 14.2 Å². The molecule has 0 bridgehead atoms. The number of hydrogen-bond acceptors (Lipinski definition) is 6. The minimum absolute atomic E-state index is 0.0474. The predicted molar refractivity (Wildman–Crippen MR) is 137 cm³/mol. The number of Topliss-reactive ketones (excluding diaryl/α,β-unsaturated/α-hetero) is 1. The van der Waals surface area contributed by atoms with Gasteiger partial charge in [0.25, 0.3) is 11.7 Å². The number of ketones is 1. The van der Waals surface area contributed by atoms with Crippen LogP contribution in [0.2, 0.25) is 0 Å². The molecule has 1 atom stereocenters. The van der Waals surface area contributed by atoms with Crippen molar-refractivity contribution in [3.8, 4) is 17.2 Å². The highest BCUT2D eigenvalue weighted by Gasteiger charge is 2.46. The lowest BCUT2D eigenvalue weighted by atomic mass is 9.94. The van der Waals surface area contributed by atoms with Gasteiger partial charge in [-0.1, -0.05) is 54.6 Å². The van der Waals surface area contributed by atoms with Crippen molar-refractivity contribution in [3.63, 3.8) is 0 Å². The third-order valence-electron chi connectivity index (χ3n) is 6.78. The number of aliphatic hydroxyl groups is 1. The molecule has 2 aliphatic rings. The quantitative estimate of drug-likeness (QED) is 0.234. The average Bonchev–Trinajstić information content (AvgIpc) is 3.50. The van der Waals surface area contributed by atoms with Crippen molar-refractivity contribution < 1.29 is 28.9 Å². The molecule has 0 radical (unpaired) electrons. The predicted octanol–water partition coefficient (Wildman–Crippen LogP) is 5.20. The Morgan fingerprint density at radius 2 is 1.68 bits per heavy atom. The van der Waals surface area contributed by atoms with Crippen LogP contribution >= 0.6 is 0 Å². The Kier molecular flexibility index (Phi) is 5.53. The van der Waals surface area contributed by atoms with E-state index in [2.05, 4.69) is 0 Å². The first-order valence-corrected chi connectivity index (χ1v) is 11.8. The number of hydrogen-bond donors (Lipinski definition) is 1. The number of rotatable bonds is 5. The van der Waals surface area contributed by atoms with Gasteiger partial charge in [0.05, 0.1) is 18.7 Å². The van der Waals surface area contributed by atoms with Gasteiger partial charge in [-0.25, -0.2) is 0 Å². The minimum atomic E-state index is -0.789. The summed E-state index contributed by atoms with van der Waals surface area (Å²) in [6.45, 7) is 0.285. The van der Waals surface area contributed by atoms with Gasteiger partial charge in [0.2, 0.25) is 6.79 Å². The van der Waals surface area contributed by atoms with Crippen LogP contribution < -0.4 is 14.2 Å². The topological polar surface area (TPSA) is 85.3 Å². The Balaban J connectivity index is 1.47. The van der Waals surface area contributed by atoms with Gasteiger partial charge in [-0.15, -0.1) is 0 Å². The molecule has 1 fully saturated rings. The number of aliphatic hydroxyl groups excluding tert-OH is 1. The fraction of sp³-hybridized carbons (Fsp3) is 0.133. The molecule has 1 N–H and O–H groups in total. The standard InChI is InChI=1S/C30H23NO6/c1-35-23-11-9-20(10-12-23)27-26(28(32)22-8-7-19-4-2-3-5-21(19)15-22)29(33)30(34)31(27)16-18-6-13-24-25(14-18)37-17-36-24/h2-15,27,32H,16-17H2,1H3/b28-26-. The van der Waals surface area contributed by atoms with Crippen molar-refractivity contribution in [3.05, 3.63) is 107 Å². The summed E-state index contributed by atoms with van der Waals surface area (Å²) >= 11 is 0. The van der Waals surface area contributed by atoms with Gasteiger partial charge in [-0.05, 0) is 52.2 Å². The summed E-state index contributed by atoms with van der Waals surface area (Å²) in [7, 11) is 1.57. The van der Waals surface area contributed by atoms with Crippen LogP contribution in [0.3, 0.4) is 0 Å². The molecule has 6 rings (SSSR count). The first-order chi connectivity index (χ1) is 18.0. The lowest BCUT2D eigenvalue weighted by molar-refractivity contribution is -0.140. The molecule has 1 unspecified atom stereocenters. The van der Waals surface area contributed by atoms with Crippen LogP contribution in [-0.2, 0) is 16.1 Å². The van der Waals surface area contributed by atoms with E-state index in [0.717, 1.165) is 16.3 Å². The number of carbonyl (C=O) groups is 2. The Morgan fingerprint density at radius 1 is 0.919 bits per heavy atom. The third kappa shape index (κ3) is 3.94. The molecular weight excluding hydrogens is 470 g/mol. The van der Waals surface area contributed by atoms with E-state index in [1.54, 1.807) is 49.6 Å². The van der Waals surface area contributed by atoms with Gasteiger partial charge in [0.1, 0.15) is 11.5 Å². The molecule has 7 heteroatoms. The summed E-state index contributed by atoms with van der Waals surface area (Å²) in [5.41, 5.74) is 1.97. The smallest absolute Gasteiger partial charge is 0.295 e. The van der Waals surface area contributed by atoms with Gasteiger partial charge >= 0.3 is 0 Å². The van der Waals surface area contributed by atoms with Crippen LogP contribution in [0, 0.1) is 0 Å². The summed E-state index contributed by atoms with van der Waals surface area (Å²) in [6.07, 6.45) is 0. The molecule has 184 valence electrons. The van der Waals surface area contributed by atoms with E-state index in [9.17, 15) is 14.7 Å². The van der Waals surface area contributed by atoms with Crippen molar-refractivity contribution in [1.29, 1.82) is 0 Å². The average molecular weight is 494 g/mol. The zero-order valence-electron chi connectivity index (χ0n) is 20.0. The molecule has 0 spiro atoms. The molecule has 1 amide bonds. The van der Waals surface area contributed by atoms with Crippen LogP contribution in [0.15, 0.2) is 90.5 Å². The van der Waals surface area contributed by atoms with Crippen molar-refractivity contribution in [2.75, 3.05) is 13.9 Å². The second-order valence-electron chi connectivity index (χ2n) is 8.95. The van der Waals surface area contributed by atoms with Crippen molar-refractivity contribution in [1.82, 2.24) is 4.90 Å². The molecule has 2 heterocycles. The number of benzene rings is 4. The number of ether oxygens (including phenoxy) is 3. The molecule has 0 aromatic heterocycles. The summed E-state index contributed by atoms with van der Waals surface area (Å²) < 4.78 is 16.2. The maximum absolute atomic E-state index is 13.4. The Morgan fingerprint density at radius 3 is 2.46 bits per heavy atom. The van der Waals surface area contributed by atoms with Gasteiger partial charge in [-0.3, -0.25) is 9.59 Å². The Hall–Kier alpha value is -4.78. The number of methoxy groups -OCH3 is 1. The summed E-state index contributed by atoms with van der Waals surface area (Å²) in [5, 5.41) is 13.4. The molecule has 37 heavy (non-hydrogen) atoms. The molecular formula is C30H23NO6. The zero-order chi connectivity index (χ0) is 25.5. The summed E-state index contributed by atoms with van der Waals surface area (Å²) in [5.74, 6) is 0.247. The first-order valence-electron chi connectivity index (χ1n) is 11.8. The molecule has 0 aliphatic carbocycles. The van der Waals surface area contributed by atoms with E-state index in [1.165, 1.54) is 4.90 Å². The highest BCUT2D eigenvalue weighted by Crippen LogP contribution is 2.42. The monoisotopic (exact) mass is 493 g/mol. The Labute approximate surface area is 213 Å². The molecule has 0 saturated carbocycles. The SMILES string of the molecule is COc1ccc(C2/C(=C(/O)c3ccc4ccccc4c3)C(=O)C(=O)N2Cc2ccc3c(c2)OCO3)cc1. The Bertz CT molecular complexity index is 1570. The van der Waals surface area contributed by atoms with E-state index in [-0.39, 0.29) is 24.7 Å². The van der Waals surface area contributed by atoms with E-state index < -0.39 is 17.7 Å². The number of fused-ring (bicyclic) bond motifs is 2. The molecule has 7 nitrogen and oxygen atoms in total. The maximum Gasteiger partial charge on any atom is 0.295 e. The number of amides is 1. The van der Waals surface area contributed by atoms with Gasteiger partial charge in [0, 0.05) is 12.1 Å². The highest BCUT2D eigenvalue weighted by molar-refractivity contribution is 6.46.